The molecule has 1 aliphatic heterocycles. The average molecular weight is 329 g/mol. The van der Waals surface area contributed by atoms with Crippen LogP contribution in [0.3, 0.4) is 0 Å². The van der Waals surface area contributed by atoms with Gasteiger partial charge in [-0.15, -0.1) is 0 Å². The number of rotatable bonds is 5. The minimum atomic E-state index is -0.392. The third-order valence-electron chi connectivity index (χ3n) is 3.38. The van der Waals surface area contributed by atoms with E-state index in [1.807, 2.05) is 0 Å². The second-order valence-electron chi connectivity index (χ2n) is 4.75. The molecule has 104 valence electrons. The van der Waals surface area contributed by atoms with Gasteiger partial charge in [0.15, 0.2) is 0 Å². The van der Waals surface area contributed by atoms with Crippen molar-refractivity contribution in [3.05, 3.63) is 38.3 Å². The van der Waals surface area contributed by atoms with Gasteiger partial charge >= 0.3 is 0 Å². The first kappa shape index (κ1) is 14.4. The lowest BCUT2D eigenvalue weighted by molar-refractivity contribution is -0.384. The fraction of sp³-hybridized carbons (Fsp3) is 0.538. The maximum absolute atomic E-state index is 10.7. The van der Waals surface area contributed by atoms with Crippen molar-refractivity contribution in [2.75, 3.05) is 6.61 Å². The Morgan fingerprint density at radius 2 is 2.42 bits per heavy atom. The van der Waals surface area contributed by atoms with Gasteiger partial charge in [0.25, 0.3) is 5.69 Å². The third kappa shape index (κ3) is 3.75. The number of nitrogens with zero attached hydrogens (tertiary/aromatic N) is 1. The highest BCUT2D eigenvalue weighted by Crippen LogP contribution is 2.23. The molecule has 0 spiro atoms. The fourth-order valence-corrected chi connectivity index (χ4v) is 2.70. The summed E-state index contributed by atoms with van der Waals surface area (Å²) in [6.07, 6.45) is 2.49. The lowest BCUT2D eigenvalue weighted by Crippen LogP contribution is -2.36. The number of ether oxygens (including phenoxy) is 1. The Kier molecular flexibility index (Phi) is 4.90. The number of nitro benzene ring substituents is 1. The monoisotopic (exact) mass is 328 g/mol. The highest BCUT2D eigenvalue weighted by Gasteiger charge is 2.22. The van der Waals surface area contributed by atoms with Crippen LogP contribution in [0.2, 0.25) is 0 Å². The van der Waals surface area contributed by atoms with Crippen LogP contribution in [0.15, 0.2) is 22.7 Å². The molecule has 0 bridgehead atoms. The average Bonchev–Trinajstić information content (AvgIpc) is 2.90. The van der Waals surface area contributed by atoms with E-state index < -0.39 is 4.92 Å². The molecule has 19 heavy (non-hydrogen) atoms. The quantitative estimate of drug-likeness (QED) is 0.666. The van der Waals surface area contributed by atoms with E-state index in [1.165, 1.54) is 12.1 Å². The van der Waals surface area contributed by atoms with Gasteiger partial charge in [-0.1, -0.05) is 15.9 Å². The molecule has 0 aromatic heterocycles. The number of benzene rings is 1. The maximum atomic E-state index is 10.7. The molecule has 1 N–H and O–H groups in total. The Labute approximate surface area is 120 Å². The van der Waals surface area contributed by atoms with Gasteiger partial charge in [0.2, 0.25) is 0 Å². The smallest absolute Gasteiger partial charge is 0.270 e. The van der Waals surface area contributed by atoms with Crippen molar-refractivity contribution in [2.45, 2.75) is 38.5 Å². The van der Waals surface area contributed by atoms with E-state index in [0.29, 0.717) is 6.54 Å². The summed E-state index contributed by atoms with van der Waals surface area (Å²) in [7, 11) is 0. The third-order valence-corrected chi connectivity index (χ3v) is 4.12. The molecule has 2 unspecified atom stereocenters. The van der Waals surface area contributed by atoms with Crippen LogP contribution in [0.1, 0.15) is 25.3 Å². The number of nitrogens with one attached hydrogen (secondary N) is 1. The lowest BCUT2D eigenvalue weighted by atomic mass is 10.1. The highest BCUT2D eigenvalue weighted by molar-refractivity contribution is 9.10. The van der Waals surface area contributed by atoms with E-state index in [9.17, 15) is 10.1 Å². The van der Waals surface area contributed by atoms with Crippen molar-refractivity contribution in [1.82, 2.24) is 5.32 Å². The van der Waals surface area contributed by atoms with E-state index in [1.54, 1.807) is 6.07 Å². The zero-order valence-corrected chi connectivity index (χ0v) is 12.4. The Balaban J connectivity index is 1.93. The Morgan fingerprint density at radius 1 is 1.63 bits per heavy atom. The summed E-state index contributed by atoms with van der Waals surface area (Å²) in [5.41, 5.74) is 1.11. The van der Waals surface area contributed by atoms with Gasteiger partial charge < -0.3 is 10.1 Å². The number of nitro groups is 1. The second kappa shape index (κ2) is 6.45. The summed E-state index contributed by atoms with van der Waals surface area (Å²) in [5.74, 6) is 0. The van der Waals surface area contributed by atoms with Crippen molar-refractivity contribution in [1.29, 1.82) is 0 Å². The normalized spacial score (nSPS) is 20.4. The first-order valence-electron chi connectivity index (χ1n) is 6.35. The Hall–Kier alpha value is -0.980. The zero-order chi connectivity index (χ0) is 13.8. The first-order chi connectivity index (χ1) is 9.08. The van der Waals surface area contributed by atoms with Gasteiger partial charge in [-0.25, -0.2) is 0 Å². The van der Waals surface area contributed by atoms with E-state index in [0.717, 1.165) is 29.5 Å². The molecule has 1 aromatic rings. The molecule has 0 saturated carbocycles. The standard InChI is InChI=1S/C13H17BrN2O3/c1-9(13-3-2-6-19-13)15-8-10-4-5-11(16(17)18)7-12(10)14/h4-5,7,9,13,15H,2-3,6,8H2,1H3. The summed E-state index contributed by atoms with van der Waals surface area (Å²) in [4.78, 5) is 10.3. The van der Waals surface area contributed by atoms with Crippen molar-refractivity contribution < 1.29 is 9.66 Å². The molecular weight excluding hydrogens is 312 g/mol. The molecule has 1 fully saturated rings. The largest absolute Gasteiger partial charge is 0.377 e. The molecule has 1 saturated heterocycles. The van der Waals surface area contributed by atoms with Crippen molar-refractivity contribution in [3.8, 4) is 0 Å². The summed E-state index contributed by atoms with van der Waals surface area (Å²) in [5, 5.41) is 14.1. The van der Waals surface area contributed by atoms with Crippen LogP contribution in [0.25, 0.3) is 0 Å². The second-order valence-corrected chi connectivity index (χ2v) is 5.61. The predicted molar refractivity (Wildman–Crippen MR) is 76.1 cm³/mol. The number of halogens is 1. The van der Waals surface area contributed by atoms with Gasteiger partial charge in [-0.3, -0.25) is 10.1 Å². The molecular formula is C13H17BrN2O3. The first-order valence-corrected chi connectivity index (χ1v) is 7.15. The van der Waals surface area contributed by atoms with E-state index in [-0.39, 0.29) is 17.8 Å². The molecule has 2 rings (SSSR count). The number of hydrogen-bond donors (Lipinski definition) is 1. The summed E-state index contributed by atoms with van der Waals surface area (Å²) in [6.45, 7) is 3.62. The summed E-state index contributed by atoms with van der Waals surface area (Å²) < 4.78 is 6.38. The molecule has 0 radical (unpaired) electrons. The molecule has 0 aliphatic carbocycles. The van der Waals surface area contributed by atoms with Crippen LogP contribution in [0.5, 0.6) is 0 Å². The van der Waals surface area contributed by atoms with Crippen LogP contribution in [-0.2, 0) is 11.3 Å². The van der Waals surface area contributed by atoms with Gasteiger partial charge in [0.05, 0.1) is 11.0 Å². The van der Waals surface area contributed by atoms with E-state index in [4.69, 9.17) is 4.74 Å². The maximum Gasteiger partial charge on any atom is 0.270 e. The molecule has 1 aliphatic rings. The molecule has 6 heteroatoms. The van der Waals surface area contributed by atoms with Gasteiger partial charge in [-0.05, 0) is 31.4 Å². The van der Waals surface area contributed by atoms with Crippen molar-refractivity contribution in [3.63, 3.8) is 0 Å². The Morgan fingerprint density at radius 3 is 3.00 bits per heavy atom. The number of non-ortho nitro benzene ring substituents is 1. The molecule has 2 atom stereocenters. The highest BCUT2D eigenvalue weighted by atomic mass is 79.9. The van der Waals surface area contributed by atoms with Gasteiger partial charge in [0, 0.05) is 35.8 Å². The molecule has 1 heterocycles. The van der Waals surface area contributed by atoms with Crippen molar-refractivity contribution >= 4 is 21.6 Å². The fourth-order valence-electron chi connectivity index (χ4n) is 2.19. The SMILES string of the molecule is CC(NCc1ccc([N+](=O)[O-])cc1Br)C1CCCO1. The lowest BCUT2D eigenvalue weighted by Gasteiger charge is -2.20. The van der Waals surface area contributed by atoms with Crippen LogP contribution >= 0.6 is 15.9 Å². The van der Waals surface area contributed by atoms with Gasteiger partial charge in [-0.2, -0.15) is 0 Å². The van der Waals surface area contributed by atoms with Gasteiger partial charge in [0.1, 0.15) is 0 Å². The molecule has 1 aromatic carbocycles. The van der Waals surface area contributed by atoms with Crippen LogP contribution in [0, 0.1) is 10.1 Å². The predicted octanol–water partition coefficient (Wildman–Crippen LogP) is 3.01. The molecule has 0 amide bonds. The zero-order valence-electron chi connectivity index (χ0n) is 10.8. The number of hydrogen-bond acceptors (Lipinski definition) is 4. The topological polar surface area (TPSA) is 64.4 Å². The Bertz CT molecular complexity index is 461. The van der Waals surface area contributed by atoms with Crippen molar-refractivity contribution in [2.24, 2.45) is 0 Å². The summed E-state index contributed by atoms with van der Waals surface area (Å²) >= 11 is 3.37. The van der Waals surface area contributed by atoms with E-state index >= 15 is 0 Å². The van der Waals surface area contributed by atoms with Crippen LogP contribution in [0.4, 0.5) is 5.69 Å². The van der Waals surface area contributed by atoms with E-state index in [2.05, 4.69) is 28.2 Å². The molecule has 5 nitrogen and oxygen atoms in total. The minimum Gasteiger partial charge on any atom is -0.377 e. The minimum absolute atomic E-state index is 0.0998. The van der Waals surface area contributed by atoms with Crippen LogP contribution in [-0.4, -0.2) is 23.7 Å². The summed E-state index contributed by atoms with van der Waals surface area (Å²) in [6, 6.07) is 5.12. The van der Waals surface area contributed by atoms with Crippen LogP contribution < -0.4 is 5.32 Å².